The van der Waals surface area contributed by atoms with E-state index in [1.165, 1.54) is 24.3 Å². The third-order valence-corrected chi connectivity index (χ3v) is 6.66. The number of rotatable bonds is 7. The van der Waals surface area contributed by atoms with Crippen LogP contribution in [-0.2, 0) is 16.4 Å². The van der Waals surface area contributed by atoms with Crippen LogP contribution in [0.3, 0.4) is 0 Å². The lowest BCUT2D eigenvalue weighted by atomic mass is 10.2. The molecule has 1 N–H and O–H groups in total. The molecule has 0 aliphatic carbocycles. The van der Waals surface area contributed by atoms with Crippen LogP contribution in [0.15, 0.2) is 77.7 Å². The van der Waals surface area contributed by atoms with Crippen LogP contribution >= 0.6 is 0 Å². The van der Waals surface area contributed by atoms with Crippen molar-refractivity contribution in [2.45, 2.75) is 30.6 Å². The maximum atomic E-state index is 13.3. The van der Waals surface area contributed by atoms with Gasteiger partial charge in [0, 0.05) is 11.8 Å². The summed E-state index contributed by atoms with van der Waals surface area (Å²) < 4.78 is 44.1. The predicted molar refractivity (Wildman–Crippen MR) is 114 cm³/mol. The first-order valence-electron chi connectivity index (χ1n) is 9.39. The van der Waals surface area contributed by atoms with Gasteiger partial charge in [-0.1, -0.05) is 30.3 Å². The van der Waals surface area contributed by atoms with Crippen molar-refractivity contribution in [2.24, 2.45) is 0 Å². The quantitative estimate of drug-likeness (QED) is 0.586. The molecule has 5 nitrogen and oxygen atoms in total. The number of nitrogens with one attached hydrogen (secondary N) is 1. The molecular formula is C23H22FNO4S. The monoisotopic (exact) mass is 427 g/mol. The van der Waals surface area contributed by atoms with Crippen LogP contribution in [0.25, 0.3) is 0 Å². The van der Waals surface area contributed by atoms with Gasteiger partial charge in [-0.05, 0) is 55.8 Å². The molecule has 1 amide bonds. The van der Waals surface area contributed by atoms with E-state index in [2.05, 4.69) is 5.32 Å². The molecule has 0 atom stereocenters. The molecule has 0 saturated heterocycles. The standard InChI is InChI=1S/C23H22FNO4S/c1-16(2)30(27,28)22-12-4-3-11-21(22)23(26)25-19-9-6-10-20(14-19)29-15-17-7-5-8-18(24)13-17/h3-14,16H,15H2,1-2H3,(H,25,26). The largest absolute Gasteiger partial charge is 0.489 e. The van der Waals surface area contributed by atoms with Crippen molar-refractivity contribution in [1.29, 1.82) is 0 Å². The summed E-state index contributed by atoms with van der Waals surface area (Å²) in [4.78, 5) is 12.8. The number of halogens is 1. The molecule has 156 valence electrons. The van der Waals surface area contributed by atoms with Crippen molar-refractivity contribution >= 4 is 21.4 Å². The average molecular weight is 427 g/mol. The predicted octanol–water partition coefficient (Wildman–Crippen LogP) is 4.84. The number of ether oxygens (including phenoxy) is 1. The molecule has 0 fully saturated rings. The van der Waals surface area contributed by atoms with E-state index in [9.17, 15) is 17.6 Å². The van der Waals surface area contributed by atoms with Gasteiger partial charge in [0.25, 0.3) is 5.91 Å². The van der Waals surface area contributed by atoms with Gasteiger partial charge in [0.1, 0.15) is 18.2 Å². The van der Waals surface area contributed by atoms with E-state index in [1.807, 2.05) is 0 Å². The van der Waals surface area contributed by atoms with Gasteiger partial charge in [-0.25, -0.2) is 12.8 Å². The number of carbonyl (C=O) groups is 1. The second kappa shape index (κ2) is 9.09. The minimum absolute atomic E-state index is 0.00370. The molecular weight excluding hydrogens is 405 g/mol. The first kappa shape index (κ1) is 21.5. The van der Waals surface area contributed by atoms with Gasteiger partial charge in [-0.15, -0.1) is 0 Å². The molecule has 0 saturated carbocycles. The maximum absolute atomic E-state index is 13.3. The number of carbonyl (C=O) groups excluding carboxylic acids is 1. The second-order valence-electron chi connectivity index (χ2n) is 6.99. The smallest absolute Gasteiger partial charge is 0.256 e. The van der Waals surface area contributed by atoms with E-state index in [0.29, 0.717) is 17.0 Å². The minimum Gasteiger partial charge on any atom is -0.489 e. The van der Waals surface area contributed by atoms with E-state index in [-0.39, 0.29) is 22.9 Å². The first-order chi connectivity index (χ1) is 14.3. The van der Waals surface area contributed by atoms with Gasteiger partial charge >= 0.3 is 0 Å². The molecule has 0 radical (unpaired) electrons. The molecule has 0 unspecified atom stereocenters. The van der Waals surface area contributed by atoms with E-state index < -0.39 is 21.0 Å². The Hall–Kier alpha value is -3.19. The van der Waals surface area contributed by atoms with Crippen LogP contribution in [-0.4, -0.2) is 19.6 Å². The summed E-state index contributed by atoms with van der Waals surface area (Å²) in [7, 11) is -3.61. The SMILES string of the molecule is CC(C)S(=O)(=O)c1ccccc1C(=O)Nc1cccc(OCc2cccc(F)c2)c1. The van der Waals surface area contributed by atoms with Gasteiger partial charge in [-0.2, -0.15) is 0 Å². The number of amides is 1. The summed E-state index contributed by atoms with van der Waals surface area (Å²) in [6.45, 7) is 3.32. The number of benzene rings is 3. The third-order valence-electron chi connectivity index (χ3n) is 4.45. The molecule has 3 rings (SSSR count). The average Bonchev–Trinajstić information content (AvgIpc) is 2.72. The van der Waals surface area contributed by atoms with Crippen molar-refractivity contribution in [2.75, 3.05) is 5.32 Å². The van der Waals surface area contributed by atoms with Crippen molar-refractivity contribution in [3.8, 4) is 5.75 Å². The highest BCUT2D eigenvalue weighted by atomic mass is 32.2. The fourth-order valence-electron chi connectivity index (χ4n) is 2.81. The normalized spacial score (nSPS) is 11.3. The fraction of sp³-hybridized carbons (Fsp3) is 0.174. The van der Waals surface area contributed by atoms with E-state index in [4.69, 9.17) is 4.74 Å². The van der Waals surface area contributed by atoms with Crippen molar-refractivity contribution in [1.82, 2.24) is 0 Å². The molecule has 0 aromatic heterocycles. The van der Waals surface area contributed by atoms with Crippen LogP contribution in [0.4, 0.5) is 10.1 Å². The summed E-state index contributed by atoms with van der Waals surface area (Å²) in [6.07, 6.45) is 0. The molecule has 0 bridgehead atoms. The third kappa shape index (κ3) is 5.04. The lowest BCUT2D eigenvalue weighted by molar-refractivity contribution is 0.102. The number of anilines is 1. The fourth-order valence-corrected chi connectivity index (χ4v) is 4.06. The molecule has 0 spiro atoms. The summed E-state index contributed by atoms with van der Waals surface area (Å²) in [5.41, 5.74) is 1.21. The molecule has 3 aromatic rings. The highest BCUT2D eigenvalue weighted by molar-refractivity contribution is 7.92. The number of hydrogen-bond acceptors (Lipinski definition) is 4. The minimum atomic E-state index is -3.61. The first-order valence-corrected chi connectivity index (χ1v) is 10.9. The molecule has 0 aliphatic rings. The second-order valence-corrected chi connectivity index (χ2v) is 9.46. The van der Waals surface area contributed by atoms with E-state index in [1.54, 1.807) is 62.4 Å². The zero-order chi connectivity index (χ0) is 21.7. The Kier molecular flexibility index (Phi) is 6.52. The highest BCUT2D eigenvalue weighted by Crippen LogP contribution is 2.23. The lowest BCUT2D eigenvalue weighted by Gasteiger charge is -2.13. The Balaban J connectivity index is 1.76. The zero-order valence-electron chi connectivity index (χ0n) is 16.6. The Labute approximate surface area is 175 Å². The topological polar surface area (TPSA) is 72.5 Å². The Bertz CT molecular complexity index is 1160. The summed E-state index contributed by atoms with van der Waals surface area (Å²) >= 11 is 0. The van der Waals surface area contributed by atoms with Gasteiger partial charge in [0.2, 0.25) is 0 Å². The van der Waals surface area contributed by atoms with E-state index >= 15 is 0 Å². The summed E-state index contributed by atoms with van der Waals surface area (Å²) in [6, 6.07) is 18.9. The highest BCUT2D eigenvalue weighted by Gasteiger charge is 2.25. The Morgan fingerprint density at radius 2 is 1.73 bits per heavy atom. The zero-order valence-corrected chi connectivity index (χ0v) is 17.4. The molecule has 30 heavy (non-hydrogen) atoms. The molecule has 0 heterocycles. The van der Waals surface area contributed by atoms with Crippen molar-refractivity contribution in [3.05, 3.63) is 89.7 Å². The van der Waals surface area contributed by atoms with Crippen LogP contribution in [0.2, 0.25) is 0 Å². The van der Waals surface area contributed by atoms with Crippen molar-refractivity contribution in [3.63, 3.8) is 0 Å². The molecule has 0 aliphatic heterocycles. The van der Waals surface area contributed by atoms with Crippen LogP contribution in [0, 0.1) is 5.82 Å². The van der Waals surface area contributed by atoms with Crippen molar-refractivity contribution < 1.29 is 22.3 Å². The molecule has 7 heteroatoms. The Morgan fingerprint density at radius 1 is 1.00 bits per heavy atom. The molecule has 3 aromatic carbocycles. The summed E-state index contributed by atoms with van der Waals surface area (Å²) in [5, 5.41) is 2.07. The van der Waals surface area contributed by atoms with Gasteiger partial charge in [-0.3, -0.25) is 4.79 Å². The lowest BCUT2D eigenvalue weighted by Crippen LogP contribution is -2.20. The van der Waals surface area contributed by atoms with E-state index in [0.717, 1.165) is 0 Å². The van der Waals surface area contributed by atoms with Gasteiger partial charge in [0.15, 0.2) is 9.84 Å². The number of sulfone groups is 1. The maximum Gasteiger partial charge on any atom is 0.256 e. The van der Waals surface area contributed by atoms with Crippen LogP contribution in [0.5, 0.6) is 5.75 Å². The summed E-state index contributed by atoms with van der Waals surface area (Å²) in [5.74, 6) is -0.385. The number of hydrogen-bond donors (Lipinski definition) is 1. The van der Waals surface area contributed by atoms with Gasteiger partial charge < -0.3 is 10.1 Å². The van der Waals surface area contributed by atoms with Crippen LogP contribution in [0.1, 0.15) is 29.8 Å². The van der Waals surface area contributed by atoms with Crippen LogP contribution < -0.4 is 10.1 Å². The Morgan fingerprint density at radius 3 is 2.47 bits per heavy atom. The van der Waals surface area contributed by atoms with Gasteiger partial charge in [0.05, 0.1) is 15.7 Å².